The van der Waals surface area contributed by atoms with E-state index in [9.17, 15) is 4.79 Å². The number of ketones is 1. The first-order chi connectivity index (χ1) is 8.59. The second-order valence-corrected chi connectivity index (χ2v) is 5.19. The molecule has 1 rings (SSSR count). The molecular formula is C16H25NO. The number of rotatable bonds is 7. The molecule has 0 heterocycles. The second kappa shape index (κ2) is 6.69. The summed E-state index contributed by atoms with van der Waals surface area (Å²) in [5, 5.41) is 3.41. The number of hydrogen-bond donors (Lipinski definition) is 1. The van der Waals surface area contributed by atoms with Gasteiger partial charge < -0.3 is 5.32 Å². The summed E-state index contributed by atoms with van der Waals surface area (Å²) >= 11 is 0. The maximum absolute atomic E-state index is 12.1. The topological polar surface area (TPSA) is 29.1 Å². The van der Waals surface area contributed by atoms with Crippen molar-refractivity contribution in [3.63, 3.8) is 0 Å². The van der Waals surface area contributed by atoms with Crippen LogP contribution in [0.5, 0.6) is 0 Å². The average Bonchev–Trinajstić information content (AvgIpc) is 2.57. The highest BCUT2D eigenvalue weighted by Gasteiger charge is 2.38. The van der Waals surface area contributed by atoms with Gasteiger partial charge in [-0.1, -0.05) is 38.7 Å². The van der Waals surface area contributed by atoms with Gasteiger partial charge in [0, 0.05) is 17.4 Å². The molecule has 0 aliphatic heterocycles. The Morgan fingerprint density at radius 2 is 2.17 bits per heavy atom. The van der Waals surface area contributed by atoms with Crippen LogP contribution >= 0.6 is 0 Å². The molecular weight excluding hydrogens is 222 g/mol. The maximum Gasteiger partial charge on any atom is 0.164 e. The smallest absolute Gasteiger partial charge is 0.164 e. The molecule has 0 amide bonds. The molecule has 1 aliphatic carbocycles. The van der Waals surface area contributed by atoms with Crippen LogP contribution in [0.4, 0.5) is 0 Å². The summed E-state index contributed by atoms with van der Waals surface area (Å²) < 4.78 is 0. The van der Waals surface area contributed by atoms with E-state index in [1.807, 2.05) is 25.2 Å². The van der Waals surface area contributed by atoms with Crippen molar-refractivity contribution in [1.29, 1.82) is 0 Å². The number of allylic oxidation sites excluding steroid dienone is 5. The molecule has 0 spiro atoms. The summed E-state index contributed by atoms with van der Waals surface area (Å²) in [4.78, 5) is 12.1. The molecule has 0 aromatic carbocycles. The molecule has 0 fully saturated rings. The summed E-state index contributed by atoms with van der Waals surface area (Å²) in [6.07, 6.45) is 8.45. The Kier molecular flexibility index (Phi) is 5.54. The molecule has 100 valence electrons. The highest BCUT2D eigenvalue weighted by molar-refractivity contribution is 6.03. The summed E-state index contributed by atoms with van der Waals surface area (Å²) in [7, 11) is 0. The predicted octanol–water partition coefficient (Wildman–Crippen LogP) is 3.41. The normalized spacial score (nSPS) is 24.3. The zero-order valence-corrected chi connectivity index (χ0v) is 11.9. The third-order valence-corrected chi connectivity index (χ3v) is 3.61. The molecule has 1 unspecified atom stereocenters. The molecule has 1 aliphatic rings. The van der Waals surface area contributed by atoms with E-state index >= 15 is 0 Å². The van der Waals surface area contributed by atoms with Crippen LogP contribution in [-0.2, 0) is 4.79 Å². The SMILES string of the molecule is C=CC1=C(/C=C\C)C(=O)CC1(C)CCNCCC. The lowest BCUT2D eigenvalue weighted by Gasteiger charge is -2.25. The fourth-order valence-corrected chi connectivity index (χ4v) is 2.61. The Hall–Kier alpha value is -1.15. The molecule has 0 aromatic rings. The minimum absolute atomic E-state index is 0.0472. The van der Waals surface area contributed by atoms with Gasteiger partial charge in [-0.15, -0.1) is 0 Å². The van der Waals surface area contributed by atoms with Gasteiger partial charge in [0.25, 0.3) is 0 Å². The highest BCUT2D eigenvalue weighted by atomic mass is 16.1. The van der Waals surface area contributed by atoms with Crippen LogP contribution in [0.3, 0.4) is 0 Å². The van der Waals surface area contributed by atoms with Gasteiger partial charge in [0.05, 0.1) is 0 Å². The van der Waals surface area contributed by atoms with E-state index in [0.717, 1.165) is 37.1 Å². The summed E-state index contributed by atoms with van der Waals surface area (Å²) in [5.41, 5.74) is 1.92. The van der Waals surface area contributed by atoms with Crippen molar-refractivity contribution in [3.05, 3.63) is 36.0 Å². The van der Waals surface area contributed by atoms with Crippen LogP contribution in [0, 0.1) is 5.41 Å². The van der Waals surface area contributed by atoms with Crippen LogP contribution in [0.2, 0.25) is 0 Å². The average molecular weight is 247 g/mol. The van der Waals surface area contributed by atoms with Gasteiger partial charge in [-0.2, -0.15) is 0 Å². The lowest BCUT2D eigenvalue weighted by atomic mass is 9.79. The highest BCUT2D eigenvalue weighted by Crippen LogP contribution is 2.44. The van der Waals surface area contributed by atoms with Crippen LogP contribution < -0.4 is 5.32 Å². The first-order valence-corrected chi connectivity index (χ1v) is 6.83. The van der Waals surface area contributed by atoms with E-state index in [4.69, 9.17) is 0 Å². The zero-order chi connectivity index (χ0) is 13.6. The number of carbonyl (C=O) groups is 1. The molecule has 0 saturated carbocycles. The lowest BCUT2D eigenvalue weighted by molar-refractivity contribution is -0.115. The molecule has 2 nitrogen and oxygen atoms in total. The fraction of sp³-hybridized carbons (Fsp3) is 0.562. The van der Waals surface area contributed by atoms with Crippen LogP contribution in [0.15, 0.2) is 36.0 Å². The van der Waals surface area contributed by atoms with Crippen molar-refractivity contribution in [1.82, 2.24) is 5.32 Å². The molecule has 0 bridgehead atoms. The lowest BCUT2D eigenvalue weighted by Crippen LogP contribution is -2.25. The van der Waals surface area contributed by atoms with Gasteiger partial charge >= 0.3 is 0 Å². The molecule has 0 radical (unpaired) electrons. The Bertz CT molecular complexity index is 379. The van der Waals surface area contributed by atoms with E-state index < -0.39 is 0 Å². The predicted molar refractivity (Wildman–Crippen MR) is 77.5 cm³/mol. The van der Waals surface area contributed by atoms with Gasteiger partial charge in [0.2, 0.25) is 0 Å². The summed E-state index contributed by atoms with van der Waals surface area (Å²) in [6.45, 7) is 12.2. The van der Waals surface area contributed by atoms with Crippen LogP contribution in [0.25, 0.3) is 0 Å². The molecule has 2 heteroatoms. The van der Waals surface area contributed by atoms with Crippen molar-refractivity contribution in [2.24, 2.45) is 5.41 Å². The summed E-state index contributed by atoms with van der Waals surface area (Å²) in [5.74, 6) is 0.251. The molecule has 0 aromatic heterocycles. The van der Waals surface area contributed by atoms with Gasteiger partial charge in [-0.25, -0.2) is 0 Å². The Morgan fingerprint density at radius 1 is 1.44 bits per heavy atom. The largest absolute Gasteiger partial charge is 0.317 e. The number of Topliss-reactive ketones (excluding diaryl/α,β-unsaturated/α-hetero) is 1. The van der Waals surface area contributed by atoms with Crippen molar-refractivity contribution < 1.29 is 4.79 Å². The van der Waals surface area contributed by atoms with E-state index in [1.165, 1.54) is 0 Å². The van der Waals surface area contributed by atoms with Gasteiger partial charge in [0.1, 0.15) is 0 Å². The quantitative estimate of drug-likeness (QED) is 0.698. The Balaban J connectivity index is 2.82. The molecule has 1 atom stereocenters. The van der Waals surface area contributed by atoms with Gasteiger partial charge in [-0.3, -0.25) is 4.79 Å². The van der Waals surface area contributed by atoms with Crippen molar-refractivity contribution in [3.8, 4) is 0 Å². The standard InChI is InChI=1S/C16H25NO/c1-5-8-13-14(7-3)16(4,12-15(13)18)9-11-17-10-6-2/h5,7-8,17H,3,6,9-12H2,1-2,4H3/b8-5-. The minimum Gasteiger partial charge on any atom is -0.317 e. The number of nitrogens with one attached hydrogen (secondary N) is 1. The van der Waals surface area contributed by atoms with E-state index in [-0.39, 0.29) is 11.2 Å². The van der Waals surface area contributed by atoms with E-state index in [2.05, 4.69) is 25.7 Å². The Labute approximate surface area is 111 Å². The Morgan fingerprint density at radius 3 is 2.72 bits per heavy atom. The first kappa shape index (κ1) is 14.9. The summed E-state index contributed by atoms with van der Waals surface area (Å²) in [6, 6.07) is 0. The van der Waals surface area contributed by atoms with E-state index in [0.29, 0.717) is 6.42 Å². The van der Waals surface area contributed by atoms with E-state index in [1.54, 1.807) is 0 Å². The monoisotopic (exact) mass is 247 g/mol. The molecule has 18 heavy (non-hydrogen) atoms. The second-order valence-electron chi connectivity index (χ2n) is 5.19. The third-order valence-electron chi connectivity index (χ3n) is 3.61. The molecule has 0 saturated heterocycles. The van der Waals surface area contributed by atoms with Gasteiger partial charge in [-0.05, 0) is 38.4 Å². The van der Waals surface area contributed by atoms with Crippen molar-refractivity contribution >= 4 is 5.78 Å². The number of hydrogen-bond acceptors (Lipinski definition) is 2. The first-order valence-electron chi connectivity index (χ1n) is 6.83. The van der Waals surface area contributed by atoms with Gasteiger partial charge in [0.15, 0.2) is 5.78 Å². The zero-order valence-electron chi connectivity index (χ0n) is 11.9. The van der Waals surface area contributed by atoms with Crippen LogP contribution in [-0.4, -0.2) is 18.9 Å². The van der Waals surface area contributed by atoms with Crippen LogP contribution in [0.1, 0.15) is 40.0 Å². The molecule has 1 N–H and O–H groups in total. The third kappa shape index (κ3) is 3.20. The van der Waals surface area contributed by atoms with Crippen molar-refractivity contribution in [2.75, 3.05) is 13.1 Å². The minimum atomic E-state index is -0.0472. The van der Waals surface area contributed by atoms with Crippen molar-refractivity contribution in [2.45, 2.75) is 40.0 Å². The number of carbonyl (C=O) groups excluding carboxylic acids is 1. The fourth-order valence-electron chi connectivity index (χ4n) is 2.61. The maximum atomic E-state index is 12.1.